The summed E-state index contributed by atoms with van der Waals surface area (Å²) in [5.74, 6) is 0.750. The van der Waals surface area contributed by atoms with Crippen molar-refractivity contribution >= 4 is 46.8 Å². The Labute approximate surface area is 111 Å². The van der Waals surface area contributed by atoms with Crippen molar-refractivity contribution in [2.45, 2.75) is 0 Å². The fourth-order valence-electron chi connectivity index (χ4n) is 1.92. The van der Waals surface area contributed by atoms with Gasteiger partial charge in [-0.05, 0) is 12.8 Å². The van der Waals surface area contributed by atoms with E-state index < -0.39 is 0 Å². The average Bonchev–Trinajstić information content (AvgIpc) is 2.44. The van der Waals surface area contributed by atoms with Crippen molar-refractivity contribution in [1.29, 1.82) is 0 Å². The molecule has 4 nitrogen and oxygen atoms in total. The van der Waals surface area contributed by atoms with Gasteiger partial charge in [0, 0.05) is 25.7 Å². The van der Waals surface area contributed by atoms with Gasteiger partial charge in [0.2, 0.25) is 0 Å². The van der Waals surface area contributed by atoms with E-state index in [0.29, 0.717) is 0 Å². The molecule has 1 aromatic carbocycles. The number of hydrogen-bond donors (Lipinski definition) is 1. The molecule has 0 amide bonds. The summed E-state index contributed by atoms with van der Waals surface area (Å²) in [6.07, 6.45) is 2.03. The maximum Gasteiger partial charge on any atom is 0.154 e. The lowest BCUT2D eigenvalue weighted by Gasteiger charge is -2.21. The van der Waals surface area contributed by atoms with Crippen LogP contribution in [0, 0.1) is 0 Å². The second-order valence-corrected chi connectivity index (χ2v) is 4.68. The second-order valence-electron chi connectivity index (χ2n) is 3.76. The Morgan fingerprint density at radius 1 is 1.39 bits per heavy atom. The molecule has 2 aromatic rings. The van der Waals surface area contributed by atoms with E-state index in [-0.39, 0.29) is 0 Å². The predicted octanol–water partition coefficient (Wildman–Crippen LogP) is 3.32. The van der Waals surface area contributed by atoms with Crippen LogP contribution in [-0.2, 0) is 0 Å². The third-order valence-electron chi connectivity index (χ3n) is 2.82. The Bertz CT molecular complexity index is 582. The number of para-hydroxylation sites is 1. The van der Waals surface area contributed by atoms with E-state index >= 15 is 0 Å². The van der Waals surface area contributed by atoms with Crippen molar-refractivity contribution in [2.75, 3.05) is 30.0 Å². The van der Waals surface area contributed by atoms with E-state index in [1.807, 2.05) is 38.6 Å². The zero-order valence-corrected chi connectivity index (χ0v) is 11.6. The first kappa shape index (κ1) is 12.7. The highest BCUT2D eigenvalue weighted by Crippen LogP contribution is 2.41. The summed E-state index contributed by atoms with van der Waals surface area (Å²) < 4.78 is 2.08. The molecule has 0 atom stereocenters. The van der Waals surface area contributed by atoms with Gasteiger partial charge in [-0.3, -0.25) is 4.99 Å². The number of nitrogens with zero attached hydrogens (tertiary/aromatic N) is 3. The van der Waals surface area contributed by atoms with Gasteiger partial charge in [0.05, 0.1) is 11.2 Å². The third kappa shape index (κ3) is 2.01. The molecule has 0 saturated heterocycles. The van der Waals surface area contributed by atoms with Crippen molar-refractivity contribution in [3.63, 3.8) is 0 Å². The number of anilines is 2. The van der Waals surface area contributed by atoms with Gasteiger partial charge in [0.15, 0.2) is 5.82 Å². The third-order valence-corrected chi connectivity index (χ3v) is 3.55. The lowest BCUT2D eigenvalue weighted by molar-refractivity contribution is 1.29. The first-order valence-electron chi connectivity index (χ1n) is 5.58. The Morgan fingerprint density at radius 2 is 2.11 bits per heavy atom. The highest BCUT2D eigenvalue weighted by molar-refractivity contribution is 7.99. The first-order chi connectivity index (χ1) is 8.72. The van der Waals surface area contributed by atoms with Crippen LogP contribution in [-0.4, -0.2) is 32.1 Å². The van der Waals surface area contributed by atoms with E-state index in [4.69, 9.17) is 0 Å². The van der Waals surface area contributed by atoms with E-state index in [2.05, 4.69) is 32.4 Å². The Kier molecular flexibility index (Phi) is 3.72. The van der Waals surface area contributed by atoms with Gasteiger partial charge in [0.1, 0.15) is 5.69 Å². The van der Waals surface area contributed by atoms with Crippen LogP contribution in [0.25, 0.3) is 10.9 Å². The molecule has 2 rings (SSSR count). The number of rotatable bonds is 4. The molecule has 94 valence electrons. The molecule has 0 aliphatic heterocycles. The summed E-state index contributed by atoms with van der Waals surface area (Å²) in [6, 6.07) is 8.05. The smallest absolute Gasteiger partial charge is 0.154 e. The van der Waals surface area contributed by atoms with Gasteiger partial charge < -0.3 is 9.62 Å². The van der Waals surface area contributed by atoms with Crippen LogP contribution in [0.1, 0.15) is 0 Å². The Balaban J connectivity index is 2.86. The van der Waals surface area contributed by atoms with Crippen LogP contribution in [0.3, 0.4) is 0 Å². The summed E-state index contributed by atoms with van der Waals surface area (Å²) in [6.45, 7) is 3.66. The van der Waals surface area contributed by atoms with Crippen molar-refractivity contribution in [3.05, 3.63) is 24.3 Å². The molecule has 1 aromatic heterocycles. The quantitative estimate of drug-likeness (QED) is 0.676. The normalized spacial score (nSPS) is 10.4. The number of nitrogens with one attached hydrogen (secondary N) is 1. The SMILES string of the molecule is C=Nc1c(NC)nc2ccccc2c1N(C)SC. The highest BCUT2D eigenvalue weighted by Gasteiger charge is 2.16. The maximum absolute atomic E-state index is 4.56. The van der Waals surface area contributed by atoms with Crippen LogP contribution < -0.4 is 9.62 Å². The lowest BCUT2D eigenvalue weighted by Crippen LogP contribution is -2.08. The molecule has 18 heavy (non-hydrogen) atoms. The lowest BCUT2D eigenvalue weighted by atomic mass is 10.1. The molecule has 1 heterocycles. The van der Waals surface area contributed by atoms with Crippen molar-refractivity contribution in [1.82, 2.24) is 4.98 Å². The summed E-state index contributed by atoms with van der Waals surface area (Å²) in [5.41, 5.74) is 2.77. The summed E-state index contributed by atoms with van der Waals surface area (Å²) >= 11 is 1.63. The Morgan fingerprint density at radius 3 is 2.72 bits per heavy atom. The number of hydrogen-bond acceptors (Lipinski definition) is 5. The minimum atomic E-state index is 0.750. The second kappa shape index (κ2) is 5.27. The average molecular weight is 260 g/mol. The molecule has 0 unspecified atom stereocenters. The number of benzene rings is 1. The molecule has 0 aliphatic carbocycles. The van der Waals surface area contributed by atoms with E-state index in [0.717, 1.165) is 28.1 Å². The molecule has 0 saturated carbocycles. The van der Waals surface area contributed by atoms with Gasteiger partial charge in [-0.15, -0.1) is 0 Å². The van der Waals surface area contributed by atoms with Crippen LogP contribution in [0.4, 0.5) is 17.2 Å². The number of aromatic nitrogens is 1. The van der Waals surface area contributed by atoms with Crippen molar-refractivity contribution in [2.24, 2.45) is 4.99 Å². The van der Waals surface area contributed by atoms with Crippen molar-refractivity contribution < 1.29 is 0 Å². The van der Waals surface area contributed by atoms with Gasteiger partial charge in [-0.2, -0.15) is 0 Å². The molecule has 0 bridgehead atoms. The van der Waals surface area contributed by atoms with Gasteiger partial charge in [-0.25, -0.2) is 4.98 Å². The van der Waals surface area contributed by atoms with Crippen LogP contribution >= 0.6 is 11.9 Å². The fourth-order valence-corrected chi connectivity index (χ4v) is 2.29. The van der Waals surface area contributed by atoms with Crippen molar-refractivity contribution in [3.8, 4) is 0 Å². The molecular formula is C13H16N4S. The van der Waals surface area contributed by atoms with E-state index in [1.54, 1.807) is 11.9 Å². The number of pyridine rings is 1. The molecule has 0 fully saturated rings. The van der Waals surface area contributed by atoms with Gasteiger partial charge in [0.25, 0.3) is 0 Å². The summed E-state index contributed by atoms with van der Waals surface area (Å²) in [4.78, 5) is 8.69. The zero-order chi connectivity index (χ0) is 13.1. The zero-order valence-electron chi connectivity index (χ0n) is 10.8. The topological polar surface area (TPSA) is 40.5 Å². The number of fused-ring (bicyclic) bond motifs is 1. The predicted molar refractivity (Wildman–Crippen MR) is 82.4 cm³/mol. The molecule has 5 heteroatoms. The Hall–Kier alpha value is -1.75. The van der Waals surface area contributed by atoms with E-state index in [9.17, 15) is 0 Å². The monoisotopic (exact) mass is 260 g/mol. The van der Waals surface area contributed by atoms with E-state index in [1.165, 1.54) is 0 Å². The minimum absolute atomic E-state index is 0.750. The number of aliphatic imine (C=N–C) groups is 1. The first-order valence-corrected chi connectivity index (χ1v) is 6.76. The summed E-state index contributed by atoms with van der Waals surface area (Å²) in [7, 11) is 3.86. The molecular weight excluding hydrogens is 244 g/mol. The van der Waals surface area contributed by atoms with Crippen LogP contribution in [0.2, 0.25) is 0 Å². The van der Waals surface area contributed by atoms with Gasteiger partial charge in [-0.1, -0.05) is 30.1 Å². The fraction of sp³-hybridized carbons (Fsp3) is 0.231. The summed E-state index contributed by atoms with van der Waals surface area (Å²) in [5, 5.41) is 4.16. The maximum atomic E-state index is 4.56. The molecule has 1 N–H and O–H groups in total. The highest BCUT2D eigenvalue weighted by atomic mass is 32.2. The molecule has 0 spiro atoms. The van der Waals surface area contributed by atoms with Crippen LogP contribution in [0.15, 0.2) is 29.3 Å². The minimum Gasteiger partial charge on any atom is -0.371 e. The molecule has 0 radical (unpaired) electrons. The largest absolute Gasteiger partial charge is 0.371 e. The van der Waals surface area contributed by atoms with Gasteiger partial charge >= 0.3 is 0 Å². The standard InChI is InChI=1S/C13H16N4S/c1-14-11-12(17(3)18-4)9-7-5-6-8-10(9)16-13(11)15-2/h5-8H,1H2,2-4H3,(H,15,16). The van der Waals surface area contributed by atoms with Crippen LogP contribution in [0.5, 0.6) is 0 Å². The molecule has 0 aliphatic rings.